The SMILES string of the molecule is Cc1ccc(C(O)C2CCCC2)cc1F. The Morgan fingerprint density at radius 2 is 2.00 bits per heavy atom. The lowest BCUT2D eigenvalue weighted by molar-refractivity contribution is 0.111. The molecule has 0 aromatic heterocycles. The lowest BCUT2D eigenvalue weighted by atomic mass is 9.94. The first-order valence-electron chi connectivity index (χ1n) is 5.62. The van der Waals surface area contributed by atoms with Gasteiger partial charge >= 0.3 is 0 Å². The van der Waals surface area contributed by atoms with Crippen molar-refractivity contribution in [3.05, 3.63) is 35.1 Å². The van der Waals surface area contributed by atoms with Crippen molar-refractivity contribution < 1.29 is 9.50 Å². The van der Waals surface area contributed by atoms with E-state index in [0.29, 0.717) is 11.5 Å². The molecule has 1 unspecified atom stereocenters. The fraction of sp³-hybridized carbons (Fsp3) is 0.538. The summed E-state index contributed by atoms with van der Waals surface area (Å²) in [6.07, 6.45) is 4.03. The number of halogens is 1. The standard InChI is InChI=1S/C13H17FO/c1-9-6-7-11(8-12(9)14)13(15)10-4-2-3-5-10/h6-8,10,13,15H,2-5H2,1H3. The van der Waals surface area contributed by atoms with Gasteiger partial charge in [-0.1, -0.05) is 25.0 Å². The fourth-order valence-electron chi connectivity index (χ4n) is 2.34. The van der Waals surface area contributed by atoms with E-state index in [1.165, 1.54) is 18.9 Å². The maximum Gasteiger partial charge on any atom is 0.126 e. The van der Waals surface area contributed by atoms with E-state index in [2.05, 4.69) is 0 Å². The summed E-state index contributed by atoms with van der Waals surface area (Å²) in [4.78, 5) is 0. The monoisotopic (exact) mass is 208 g/mol. The molecule has 0 heterocycles. The summed E-state index contributed by atoms with van der Waals surface area (Å²) >= 11 is 0. The molecule has 0 aliphatic heterocycles. The van der Waals surface area contributed by atoms with E-state index in [1.54, 1.807) is 13.0 Å². The second-order valence-electron chi connectivity index (χ2n) is 4.50. The molecular formula is C13H17FO. The molecule has 0 saturated heterocycles. The van der Waals surface area contributed by atoms with E-state index in [0.717, 1.165) is 18.4 Å². The zero-order chi connectivity index (χ0) is 10.8. The first-order valence-corrected chi connectivity index (χ1v) is 5.62. The van der Waals surface area contributed by atoms with Crippen LogP contribution in [0.4, 0.5) is 4.39 Å². The van der Waals surface area contributed by atoms with Gasteiger partial charge in [-0.3, -0.25) is 0 Å². The summed E-state index contributed by atoms with van der Waals surface area (Å²) in [5.41, 5.74) is 1.36. The van der Waals surface area contributed by atoms with Crippen molar-refractivity contribution in [2.45, 2.75) is 38.7 Å². The summed E-state index contributed by atoms with van der Waals surface area (Å²) in [6.45, 7) is 1.74. The molecule has 1 atom stereocenters. The van der Waals surface area contributed by atoms with Crippen LogP contribution in [-0.4, -0.2) is 5.11 Å². The van der Waals surface area contributed by atoms with Crippen molar-refractivity contribution in [2.24, 2.45) is 5.92 Å². The molecule has 1 aromatic carbocycles. The van der Waals surface area contributed by atoms with Crippen LogP contribution in [0.15, 0.2) is 18.2 Å². The van der Waals surface area contributed by atoms with Crippen LogP contribution in [0.25, 0.3) is 0 Å². The van der Waals surface area contributed by atoms with Crippen molar-refractivity contribution >= 4 is 0 Å². The van der Waals surface area contributed by atoms with Gasteiger partial charge < -0.3 is 5.11 Å². The van der Waals surface area contributed by atoms with Gasteiger partial charge in [-0.05, 0) is 42.9 Å². The van der Waals surface area contributed by atoms with Crippen molar-refractivity contribution in [1.29, 1.82) is 0 Å². The van der Waals surface area contributed by atoms with E-state index in [1.807, 2.05) is 6.07 Å². The minimum atomic E-state index is -0.484. The van der Waals surface area contributed by atoms with Gasteiger partial charge in [0.1, 0.15) is 5.82 Å². The molecule has 2 rings (SSSR count). The van der Waals surface area contributed by atoms with E-state index in [-0.39, 0.29) is 5.82 Å². The van der Waals surface area contributed by atoms with Gasteiger partial charge in [0.25, 0.3) is 0 Å². The Bertz CT molecular complexity index is 342. The Kier molecular flexibility index (Phi) is 3.06. The molecule has 1 N–H and O–H groups in total. The molecule has 1 fully saturated rings. The van der Waals surface area contributed by atoms with Crippen LogP contribution < -0.4 is 0 Å². The van der Waals surface area contributed by atoms with Crippen LogP contribution in [-0.2, 0) is 0 Å². The number of aliphatic hydroxyl groups excluding tert-OH is 1. The van der Waals surface area contributed by atoms with Gasteiger partial charge in [0.2, 0.25) is 0 Å². The largest absolute Gasteiger partial charge is 0.388 e. The minimum Gasteiger partial charge on any atom is -0.388 e. The van der Waals surface area contributed by atoms with Crippen molar-refractivity contribution in [3.63, 3.8) is 0 Å². The quantitative estimate of drug-likeness (QED) is 0.790. The van der Waals surface area contributed by atoms with Gasteiger partial charge in [-0.25, -0.2) is 4.39 Å². The highest BCUT2D eigenvalue weighted by Crippen LogP contribution is 2.35. The molecular weight excluding hydrogens is 191 g/mol. The molecule has 1 nitrogen and oxygen atoms in total. The van der Waals surface area contributed by atoms with Crippen LogP contribution in [0.5, 0.6) is 0 Å². The fourth-order valence-corrected chi connectivity index (χ4v) is 2.34. The minimum absolute atomic E-state index is 0.218. The molecule has 2 heteroatoms. The average Bonchev–Trinajstić information content (AvgIpc) is 2.74. The topological polar surface area (TPSA) is 20.2 Å². The third-order valence-electron chi connectivity index (χ3n) is 3.38. The second-order valence-corrected chi connectivity index (χ2v) is 4.50. The normalized spacial score (nSPS) is 19.4. The van der Waals surface area contributed by atoms with Crippen LogP contribution >= 0.6 is 0 Å². The molecule has 0 amide bonds. The third-order valence-corrected chi connectivity index (χ3v) is 3.38. The Hall–Kier alpha value is -0.890. The first-order chi connectivity index (χ1) is 7.18. The Labute approximate surface area is 89.9 Å². The summed E-state index contributed by atoms with van der Waals surface area (Å²) in [7, 11) is 0. The number of hydrogen-bond acceptors (Lipinski definition) is 1. The summed E-state index contributed by atoms with van der Waals surface area (Å²) < 4.78 is 13.3. The predicted molar refractivity (Wildman–Crippen MR) is 58.1 cm³/mol. The number of benzene rings is 1. The van der Waals surface area contributed by atoms with Crippen molar-refractivity contribution in [2.75, 3.05) is 0 Å². The maximum absolute atomic E-state index is 13.3. The van der Waals surface area contributed by atoms with Gasteiger partial charge in [0.05, 0.1) is 6.10 Å². The van der Waals surface area contributed by atoms with E-state index in [9.17, 15) is 9.50 Å². The first kappa shape index (κ1) is 10.6. The number of rotatable bonds is 2. The smallest absolute Gasteiger partial charge is 0.126 e. The van der Waals surface area contributed by atoms with Gasteiger partial charge in [-0.2, -0.15) is 0 Å². The Balaban J connectivity index is 2.17. The highest BCUT2D eigenvalue weighted by Gasteiger charge is 2.24. The molecule has 0 bridgehead atoms. The van der Waals surface area contributed by atoms with Crippen LogP contribution in [0, 0.1) is 18.7 Å². The number of hydrogen-bond donors (Lipinski definition) is 1. The lowest BCUT2D eigenvalue weighted by Gasteiger charge is -2.18. The van der Waals surface area contributed by atoms with E-state index >= 15 is 0 Å². The lowest BCUT2D eigenvalue weighted by Crippen LogP contribution is -2.09. The highest BCUT2D eigenvalue weighted by atomic mass is 19.1. The van der Waals surface area contributed by atoms with Crippen molar-refractivity contribution in [3.8, 4) is 0 Å². The maximum atomic E-state index is 13.3. The molecule has 82 valence electrons. The molecule has 1 aliphatic carbocycles. The summed E-state index contributed by atoms with van der Waals surface area (Å²) in [6, 6.07) is 5.04. The second kappa shape index (κ2) is 4.31. The molecule has 1 aromatic rings. The van der Waals surface area contributed by atoms with E-state index < -0.39 is 6.10 Å². The Morgan fingerprint density at radius 1 is 1.33 bits per heavy atom. The zero-order valence-corrected chi connectivity index (χ0v) is 9.04. The highest BCUT2D eigenvalue weighted by molar-refractivity contribution is 5.25. The van der Waals surface area contributed by atoms with Gasteiger partial charge in [0, 0.05) is 0 Å². The summed E-state index contributed by atoms with van der Waals surface area (Å²) in [5.74, 6) is 0.108. The van der Waals surface area contributed by atoms with Crippen LogP contribution in [0.3, 0.4) is 0 Å². The number of aliphatic hydroxyl groups is 1. The molecule has 1 aliphatic rings. The van der Waals surface area contributed by atoms with Gasteiger partial charge in [-0.15, -0.1) is 0 Å². The molecule has 0 radical (unpaired) electrons. The molecule has 1 saturated carbocycles. The molecule has 0 spiro atoms. The van der Waals surface area contributed by atoms with Crippen molar-refractivity contribution in [1.82, 2.24) is 0 Å². The molecule has 15 heavy (non-hydrogen) atoms. The van der Waals surface area contributed by atoms with Crippen LogP contribution in [0.1, 0.15) is 42.9 Å². The van der Waals surface area contributed by atoms with Crippen LogP contribution in [0.2, 0.25) is 0 Å². The zero-order valence-electron chi connectivity index (χ0n) is 9.04. The van der Waals surface area contributed by atoms with Gasteiger partial charge in [0.15, 0.2) is 0 Å². The average molecular weight is 208 g/mol. The number of aryl methyl sites for hydroxylation is 1. The third kappa shape index (κ3) is 2.20. The Morgan fingerprint density at radius 3 is 2.60 bits per heavy atom. The predicted octanol–water partition coefficient (Wildman–Crippen LogP) is 3.36. The van der Waals surface area contributed by atoms with E-state index in [4.69, 9.17) is 0 Å². The summed E-state index contributed by atoms with van der Waals surface area (Å²) in [5, 5.41) is 10.1.